The van der Waals surface area contributed by atoms with Gasteiger partial charge < -0.3 is 5.11 Å². The normalized spacial score (nSPS) is 8.62. The number of rotatable bonds is 2. The topological polar surface area (TPSA) is 132 Å². The summed E-state index contributed by atoms with van der Waals surface area (Å²) in [7, 11) is 0. The minimum absolute atomic E-state index is 0.0900. The van der Waals surface area contributed by atoms with Crippen LogP contribution in [-0.2, 0) is 14.4 Å². The number of hydrogen-bond donors (Lipinski definition) is 5. The fraction of sp³-hybridized carbons (Fsp3) is 0.429. The van der Waals surface area contributed by atoms with Gasteiger partial charge in [0, 0.05) is 13.8 Å². The summed E-state index contributed by atoms with van der Waals surface area (Å²) in [6.07, 6.45) is 0. The molecule has 9 heteroatoms. The van der Waals surface area contributed by atoms with E-state index in [1.54, 1.807) is 0 Å². The number of hydrogen-bond acceptors (Lipinski definition) is 4. The number of carbonyl (C=O) groups is 3. The Morgan fingerprint density at radius 2 is 1.44 bits per heavy atom. The Hall–Kier alpha value is -2.32. The second-order valence-corrected chi connectivity index (χ2v) is 2.67. The largest absolute Gasteiger partial charge is 0.480 e. The van der Waals surface area contributed by atoms with E-state index in [0.29, 0.717) is 0 Å². The third kappa shape index (κ3) is 8.29. The number of carboxylic acids is 1. The minimum atomic E-state index is -1.15. The number of guanidine groups is 1. The second kappa shape index (κ2) is 7.04. The Morgan fingerprint density at radius 3 is 1.75 bits per heavy atom. The van der Waals surface area contributed by atoms with Gasteiger partial charge in [0.15, 0.2) is 0 Å². The number of nitrogens with zero attached hydrogens (tertiary/aromatic N) is 1. The van der Waals surface area contributed by atoms with Crippen molar-refractivity contribution in [3.05, 3.63) is 0 Å². The van der Waals surface area contributed by atoms with Gasteiger partial charge in [-0.05, 0) is 0 Å². The van der Waals surface area contributed by atoms with Crippen molar-refractivity contribution >= 4 is 23.7 Å². The molecule has 0 aromatic rings. The molecule has 0 aromatic heterocycles. The molecule has 0 saturated heterocycles. The maximum Gasteiger partial charge on any atom is 0.325 e. The van der Waals surface area contributed by atoms with Crippen molar-refractivity contribution in [1.29, 1.82) is 0 Å². The summed E-state index contributed by atoms with van der Waals surface area (Å²) < 4.78 is 0. The van der Waals surface area contributed by atoms with Crippen LogP contribution in [0.3, 0.4) is 0 Å². The van der Waals surface area contributed by atoms with Crippen LogP contribution < -0.4 is 21.7 Å². The van der Waals surface area contributed by atoms with Gasteiger partial charge in [-0.3, -0.25) is 36.1 Å². The first-order valence-electron chi connectivity index (χ1n) is 4.23. The van der Waals surface area contributed by atoms with Crippen molar-refractivity contribution in [2.45, 2.75) is 13.8 Å². The van der Waals surface area contributed by atoms with E-state index in [1.165, 1.54) is 13.8 Å². The number of nitrogens with one attached hydrogen (secondary N) is 4. The van der Waals surface area contributed by atoms with Crippen molar-refractivity contribution in [1.82, 2.24) is 21.7 Å². The second-order valence-electron chi connectivity index (χ2n) is 2.67. The monoisotopic (exact) mass is 231 g/mol. The van der Waals surface area contributed by atoms with E-state index in [-0.39, 0.29) is 5.96 Å². The Labute approximate surface area is 91.2 Å². The van der Waals surface area contributed by atoms with Gasteiger partial charge in [-0.25, -0.2) is 4.99 Å². The molecule has 0 radical (unpaired) electrons. The van der Waals surface area contributed by atoms with Crippen molar-refractivity contribution in [3.8, 4) is 0 Å². The summed E-state index contributed by atoms with van der Waals surface area (Å²) in [4.78, 5) is 34.9. The highest BCUT2D eigenvalue weighted by Crippen LogP contribution is 1.71. The van der Waals surface area contributed by atoms with Crippen LogP contribution in [-0.4, -0.2) is 35.4 Å². The number of aliphatic imine (C=N–C) groups is 1. The van der Waals surface area contributed by atoms with E-state index < -0.39 is 24.3 Å². The van der Waals surface area contributed by atoms with Crippen LogP contribution in [0.25, 0.3) is 0 Å². The molecule has 0 aliphatic carbocycles. The van der Waals surface area contributed by atoms with Crippen molar-refractivity contribution < 1.29 is 19.5 Å². The van der Waals surface area contributed by atoms with Crippen molar-refractivity contribution in [2.75, 3.05) is 6.54 Å². The van der Waals surface area contributed by atoms with Gasteiger partial charge in [0.25, 0.3) is 0 Å². The quantitative estimate of drug-likeness (QED) is 0.206. The number of hydrazine groups is 2. The highest BCUT2D eigenvalue weighted by molar-refractivity contribution is 5.86. The van der Waals surface area contributed by atoms with Gasteiger partial charge in [-0.1, -0.05) is 0 Å². The molecule has 16 heavy (non-hydrogen) atoms. The molecule has 0 bridgehead atoms. The predicted octanol–water partition coefficient (Wildman–Crippen LogP) is -2.29. The zero-order valence-corrected chi connectivity index (χ0v) is 8.83. The molecule has 0 rings (SSSR count). The van der Waals surface area contributed by atoms with E-state index >= 15 is 0 Å². The number of amides is 2. The van der Waals surface area contributed by atoms with E-state index in [0.717, 1.165) is 0 Å². The molecule has 0 atom stereocenters. The lowest BCUT2D eigenvalue weighted by Gasteiger charge is -2.11. The molecule has 90 valence electrons. The molecular formula is C7H13N5O4. The maximum atomic E-state index is 10.6. The summed E-state index contributed by atoms with van der Waals surface area (Å²) in [6, 6.07) is 0. The van der Waals surface area contributed by atoms with Crippen molar-refractivity contribution in [2.24, 2.45) is 4.99 Å². The van der Waals surface area contributed by atoms with E-state index in [1.807, 2.05) is 0 Å². The van der Waals surface area contributed by atoms with Crippen LogP contribution in [0.4, 0.5) is 0 Å². The summed E-state index contributed by atoms with van der Waals surface area (Å²) in [5, 5.41) is 8.38. The Kier molecular flexibility index (Phi) is 6.02. The average Bonchev–Trinajstić information content (AvgIpc) is 2.15. The van der Waals surface area contributed by atoms with E-state index in [9.17, 15) is 14.4 Å². The SMILES string of the molecule is CC(=O)NNC(=NCC(=O)O)NNC(C)=O. The highest BCUT2D eigenvalue weighted by atomic mass is 16.4. The summed E-state index contributed by atoms with van der Waals surface area (Å²) in [5.74, 6) is -2.03. The van der Waals surface area contributed by atoms with E-state index in [4.69, 9.17) is 5.11 Å². The molecule has 0 unspecified atom stereocenters. The molecule has 0 saturated carbocycles. The number of carbonyl (C=O) groups excluding carboxylic acids is 2. The molecule has 0 fully saturated rings. The lowest BCUT2D eigenvalue weighted by molar-refractivity contribution is -0.135. The van der Waals surface area contributed by atoms with Gasteiger partial charge in [0.05, 0.1) is 0 Å². The molecule has 5 N–H and O–H groups in total. The third-order valence-corrected chi connectivity index (χ3v) is 1.09. The Bertz CT molecular complexity index is 294. The first-order chi connectivity index (χ1) is 7.41. The number of carboxylic acid groups (broad SMARTS) is 1. The van der Waals surface area contributed by atoms with Crippen LogP contribution in [0.5, 0.6) is 0 Å². The van der Waals surface area contributed by atoms with Gasteiger partial charge in [-0.15, -0.1) is 0 Å². The summed E-state index contributed by atoms with van der Waals surface area (Å²) in [5.41, 5.74) is 8.92. The standard InChI is InChI=1S/C7H13N5O4/c1-4(13)9-11-7(8-3-6(15)16)12-10-5(2)14/h3H2,1-2H3,(H,9,13)(H,10,14)(H,15,16)(H2,8,11,12). The van der Waals surface area contributed by atoms with Crippen LogP contribution in [0.15, 0.2) is 4.99 Å². The van der Waals surface area contributed by atoms with Crippen LogP contribution in [0, 0.1) is 0 Å². The summed E-state index contributed by atoms with van der Waals surface area (Å²) >= 11 is 0. The van der Waals surface area contributed by atoms with Gasteiger partial charge >= 0.3 is 5.97 Å². The van der Waals surface area contributed by atoms with Crippen LogP contribution >= 0.6 is 0 Å². The van der Waals surface area contributed by atoms with Gasteiger partial charge in [0.1, 0.15) is 6.54 Å². The maximum absolute atomic E-state index is 10.6. The number of aliphatic carboxylic acids is 1. The van der Waals surface area contributed by atoms with Crippen molar-refractivity contribution in [3.63, 3.8) is 0 Å². The zero-order valence-electron chi connectivity index (χ0n) is 8.83. The fourth-order valence-electron chi connectivity index (χ4n) is 0.551. The molecular weight excluding hydrogens is 218 g/mol. The molecule has 0 aromatic carbocycles. The molecule has 9 nitrogen and oxygen atoms in total. The van der Waals surface area contributed by atoms with Gasteiger partial charge in [0.2, 0.25) is 17.8 Å². The Balaban J connectivity index is 4.25. The molecule has 0 spiro atoms. The molecule has 0 aliphatic rings. The highest BCUT2D eigenvalue weighted by Gasteiger charge is 2.01. The smallest absolute Gasteiger partial charge is 0.325 e. The molecule has 0 heterocycles. The van der Waals surface area contributed by atoms with Crippen LogP contribution in [0.1, 0.15) is 13.8 Å². The molecule has 0 aliphatic heterocycles. The predicted molar refractivity (Wildman–Crippen MR) is 53.8 cm³/mol. The van der Waals surface area contributed by atoms with Crippen LogP contribution in [0.2, 0.25) is 0 Å². The minimum Gasteiger partial charge on any atom is -0.480 e. The lowest BCUT2D eigenvalue weighted by Crippen LogP contribution is -2.53. The van der Waals surface area contributed by atoms with Gasteiger partial charge in [-0.2, -0.15) is 0 Å². The Morgan fingerprint density at radius 1 is 1.00 bits per heavy atom. The van der Waals surface area contributed by atoms with E-state index in [2.05, 4.69) is 26.7 Å². The third-order valence-electron chi connectivity index (χ3n) is 1.09. The first-order valence-corrected chi connectivity index (χ1v) is 4.23. The zero-order chi connectivity index (χ0) is 12.6. The summed E-state index contributed by atoms with van der Waals surface area (Å²) in [6.45, 7) is 1.99. The lowest BCUT2D eigenvalue weighted by atomic mass is 10.7. The molecule has 2 amide bonds. The fourth-order valence-corrected chi connectivity index (χ4v) is 0.551. The average molecular weight is 231 g/mol. The first kappa shape index (κ1) is 13.7.